The van der Waals surface area contributed by atoms with Crippen LogP contribution in [0.15, 0.2) is 59.4 Å². The van der Waals surface area contributed by atoms with Crippen LogP contribution in [0.3, 0.4) is 0 Å². The van der Waals surface area contributed by atoms with Crippen LogP contribution in [-0.4, -0.2) is 39.0 Å². The molecule has 0 bridgehead atoms. The van der Waals surface area contributed by atoms with Gasteiger partial charge in [-0.05, 0) is 37.2 Å². The number of aromatic amines is 1. The SMILES string of the molecule is CC(Cc1nc(C(=O)NCc2ccc(F)cc2)c(O)c(=O)[nH]1)N(C)Cc1ccccc1. The van der Waals surface area contributed by atoms with Gasteiger partial charge in [0.05, 0.1) is 0 Å². The summed E-state index contributed by atoms with van der Waals surface area (Å²) < 4.78 is 13.0. The molecule has 7 nitrogen and oxygen atoms in total. The van der Waals surface area contributed by atoms with Gasteiger partial charge in [-0.3, -0.25) is 14.5 Å². The number of nitrogens with one attached hydrogen (secondary N) is 2. The van der Waals surface area contributed by atoms with E-state index < -0.39 is 17.2 Å². The summed E-state index contributed by atoms with van der Waals surface area (Å²) in [5.41, 5.74) is 0.731. The molecule has 0 aliphatic carbocycles. The number of benzene rings is 2. The number of carbonyl (C=O) groups excluding carboxylic acids is 1. The summed E-state index contributed by atoms with van der Waals surface area (Å²) in [5.74, 6) is -1.48. The molecule has 8 heteroatoms. The van der Waals surface area contributed by atoms with Crippen LogP contribution in [-0.2, 0) is 19.5 Å². The molecule has 1 unspecified atom stereocenters. The lowest BCUT2D eigenvalue weighted by Gasteiger charge is -2.24. The van der Waals surface area contributed by atoms with E-state index in [0.717, 1.165) is 12.1 Å². The van der Waals surface area contributed by atoms with E-state index in [9.17, 15) is 19.1 Å². The van der Waals surface area contributed by atoms with E-state index in [4.69, 9.17) is 0 Å². The summed E-state index contributed by atoms with van der Waals surface area (Å²) in [4.78, 5) is 33.5. The van der Waals surface area contributed by atoms with Crippen molar-refractivity contribution in [3.8, 4) is 5.75 Å². The van der Waals surface area contributed by atoms with Crippen LogP contribution in [0.4, 0.5) is 4.39 Å². The van der Waals surface area contributed by atoms with Crippen molar-refractivity contribution in [2.24, 2.45) is 0 Å². The van der Waals surface area contributed by atoms with Crippen molar-refractivity contribution in [1.29, 1.82) is 0 Å². The summed E-state index contributed by atoms with van der Waals surface area (Å²) in [5, 5.41) is 12.6. The number of hydrogen-bond donors (Lipinski definition) is 3. The topological polar surface area (TPSA) is 98.3 Å². The number of carbonyl (C=O) groups is 1. The number of amides is 1. The lowest BCUT2D eigenvalue weighted by atomic mass is 10.1. The average molecular weight is 424 g/mol. The summed E-state index contributed by atoms with van der Waals surface area (Å²) in [6.07, 6.45) is 0.386. The fourth-order valence-corrected chi connectivity index (χ4v) is 3.10. The molecule has 0 aliphatic rings. The minimum atomic E-state index is -0.769. The van der Waals surface area contributed by atoms with E-state index >= 15 is 0 Å². The van der Waals surface area contributed by atoms with E-state index in [2.05, 4.69) is 20.2 Å². The van der Waals surface area contributed by atoms with Crippen molar-refractivity contribution in [1.82, 2.24) is 20.2 Å². The molecule has 0 spiro atoms. The van der Waals surface area contributed by atoms with Crippen LogP contribution in [0, 0.1) is 5.82 Å². The van der Waals surface area contributed by atoms with E-state index in [1.807, 2.05) is 44.3 Å². The minimum absolute atomic E-state index is 0.0167. The molecule has 0 aliphatic heterocycles. The quantitative estimate of drug-likeness (QED) is 0.516. The van der Waals surface area contributed by atoms with Crippen LogP contribution in [0.25, 0.3) is 0 Å². The molecule has 3 N–H and O–H groups in total. The Morgan fingerprint density at radius 3 is 2.52 bits per heavy atom. The maximum Gasteiger partial charge on any atom is 0.293 e. The molecular formula is C23H25FN4O3. The van der Waals surface area contributed by atoms with Gasteiger partial charge in [0.1, 0.15) is 11.6 Å². The van der Waals surface area contributed by atoms with Gasteiger partial charge in [0.15, 0.2) is 5.69 Å². The first kappa shape index (κ1) is 22.2. The van der Waals surface area contributed by atoms with Crippen molar-refractivity contribution < 1.29 is 14.3 Å². The predicted molar refractivity (Wildman–Crippen MR) is 115 cm³/mol. The van der Waals surface area contributed by atoms with Gasteiger partial charge in [0.25, 0.3) is 11.5 Å². The highest BCUT2D eigenvalue weighted by Crippen LogP contribution is 2.12. The summed E-state index contributed by atoms with van der Waals surface area (Å²) >= 11 is 0. The number of aromatic hydroxyl groups is 1. The van der Waals surface area contributed by atoms with Crippen molar-refractivity contribution in [3.63, 3.8) is 0 Å². The number of hydrogen-bond acceptors (Lipinski definition) is 5. The van der Waals surface area contributed by atoms with Crippen molar-refractivity contribution in [2.45, 2.75) is 32.5 Å². The second-order valence-electron chi connectivity index (χ2n) is 7.47. The van der Waals surface area contributed by atoms with Crippen molar-refractivity contribution >= 4 is 5.91 Å². The van der Waals surface area contributed by atoms with Crippen LogP contribution >= 0.6 is 0 Å². The normalized spacial score (nSPS) is 12.0. The van der Waals surface area contributed by atoms with E-state index in [1.165, 1.54) is 24.3 Å². The smallest absolute Gasteiger partial charge is 0.293 e. The standard InChI is InChI=1S/C23H25FN4O3/c1-15(28(2)14-17-6-4-3-5-7-17)12-19-26-20(21(29)23(31)27-19)22(30)25-13-16-8-10-18(24)11-9-16/h3-11,15,29H,12-14H2,1-2H3,(H,25,30)(H,26,27,31). The molecule has 0 radical (unpaired) electrons. The zero-order valence-electron chi connectivity index (χ0n) is 17.4. The fourth-order valence-electron chi connectivity index (χ4n) is 3.10. The number of halogens is 1. The Balaban J connectivity index is 1.68. The third kappa shape index (κ3) is 5.99. The van der Waals surface area contributed by atoms with Gasteiger partial charge < -0.3 is 15.4 Å². The number of aromatic nitrogens is 2. The molecule has 1 heterocycles. The molecule has 0 saturated heterocycles. The van der Waals surface area contributed by atoms with Gasteiger partial charge in [-0.2, -0.15) is 0 Å². The van der Waals surface area contributed by atoms with Crippen molar-refractivity contribution in [3.05, 3.63) is 93.4 Å². The monoisotopic (exact) mass is 424 g/mol. The second kappa shape index (κ2) is 9.99. The van der Waals surface area contributed by atoms with Crippen LogP contribution in [0.5, 0.6) is 5.75 Å². The molecule has 3 rings (SSSR count). The molecule has 0 saturated carbocycles. The lowest BCUT2D eigenvalue weighted by molar-refractivity contribution is 0.0942. The highest BCUT2D eigenvalue weighted by molar-refractivity contribution is 5.94. The minimum Gasteiger partial charge on any atom is -0.501 e. The first-order chi connectivity index (χ1) is 14.8. The molecule has 31 heavy (non-hydrogen) atoms. The maximum atomic E-state index is 13.0. The first-order valence-corrected chi connectivity index (χ1v) is 9.92. The van der Waals surface area contributed by atoms with Gasteiger partial charge >= 0.3 is 0 Å². The molecule has 2 aromatic carbocycles. The molecule has 3 aromatic rings. The number of H-pyrrole nitrogens is 1. The molecule has 1 amide bonds. The van der Waals surface area contributed by atoms with Crippen LogP contribution < -0.4 is 10.9 Å². The molecule has 1 aromatic heterocycles. The Morgan fingerprint density at radius 1 is 1.16 bits per heavy atom. The number of likely N-dealkylation sites (N-methyl/N-ethyl adjacent to an activating group) is 1. The third-order valence-electron chi connectivity index (χ3n) is 5.04. The van der Waals surface area contributed by atoms with Crippen molar-refractivity contribution in [2.75, 3.05) is 7.05 Å². The lowest BCUT2D eigenvalue weighted by Crippen LogP contribution is -2.32. The van der Waals surface area contributed by atoms with E-state index in [-0.39, 0.29) is 24.1 Å². The molecule has 0 fully saturated rings. The van der Waals surface area contributed by atoms with Gasteiger partial charge in [-0.1, -0.05) is 42.5 Å². The summed E-state index contributed by atoms with van der Waals surface area (Å²) in [6, 6.07) is 15.6. The third-order valence-corrected chi connectivity index (χ3v) is 5.04. The van der Waals surface area contributed by atoms with E-state index in [0.29, 0.717) is 17.8 Å². The van der Waals surface area contributed by atoms with Gasteiger partial charge in [0, 0.05) is 25.6 Å². The molecular weight excluding hydrogens is 399 g/mol. The van der Waals surface area contributed by atoms with Gasteiger partial charge in [-0.25, -0.2) is 9.37 Å². The predicted octanol–water partition coefficient (Wildman–Crippen LogP) is 2.61. The summed E-state index contributed by atoms with van der Waals surface area (Å²) in [6.45, 7) is 2.82. The Kier molecular flexibility index (Phi) is 7.15. The highest BCUT2D eigenvalue weighted by atomic mass is 19.1. The Hall–Kier alpha value is -3.52. The first-order valence-electron chi connectivity index (χ1n) is 9.92. The van der Waals surface area contributed by atoms with Gasteiger partial charge in [0.2, 0.25) is 5.75 Å². The van der Waals surface area contributed by atoms with Crippen LogP contribution in [0.2, 0.25) is 0 Å². The number of nitrogens with zero attached hydrogens (tertiary/aromatic N) is 2. The Bertz CT molecular complexity index is 1080. The zero-order valence-corrected chi connectivity index (χ0v) is 17.4. The Labute approximate surface area is 179 Å². The van der Waals surface area contributed by atoms with Gasteiger partial charge in [-0.15, -0.1) is 0 Å². The van der Waals surface area contributed by atoms with E-state index in [1.54, 1.807) is 0 Å². The molecule has 1 atom stereocenters. The summed E-state index contributed by atoms with van der Waals surface area (Å²) in [7, 11) is 1.96. The van der Waals surface area contributed by atoms with Crippen LogP contribution in [0.1, 0.15) is 34.4 Å². The molecule has 162 valence electrons. The fraction of sp³-hybridized carbons (Fsp3) is 0.261. The second-order valence-corrected chi connectivity index (χ2v) is 7.47. The highest BCUT2D eigenvalue weighted by Gasteiger charge is 2.20. The zero-order chi connectivity index (χ0) is 22.4. The largest absolute Gasteiger partial charge is 0.501 e. The number of rotatable bonds is 8. The maximum absolute atomic E-state index is 13.0. The average Bonchev–Trinajstić information content (AvgIpc) is 2.76. The Morgan fingerprint density at radius 2 is 1.84 bits per heavy atom.